The van der Waals surface area contributed by atoms with Gasteiger partial charge in [0, 0.05) is 0 Å². The second-order valence-electron chi connectivity index (χ2n) is 2.85. The topological polar surface area (TPSA) is 0 Å². The van der Waals surface area contributed by atoms with E-state index in [4.69, 9.17) is 0 Å². The summed E-state index contributed by atoms with van der Waals surface area (Å²) in [7, 11) is 0. The van der Waals surface area contributed by atoms with E-state index < -0.39 is 0 Å². The fourth-order valence-corrected chi connectivity index (χ4v) is 1.28. The van der Waals surface area contributed by atoms with Gasteiger partial charge in [-0.15, -0.1) is 13.2 Å². The van der Waals surface area contributed by atoms with E-state index in [2.05, 4.69) is 37.9 Å². The zero-order chi connectivity index (χ0) is 13.0. The zero-order valence-corrected chi connectivity index (χ0v) is 11.1. The number of rotatable bonds is 2. The molecule has 0 aromatic heterocycles. The summed E-state index contributed by atoms with van der Waals surface area (Å²) in [6.07, 6.45) is 2.09. The Kier molecular flexibility index (Phi) is 17.7. The Morgan fingerprint density at radius 2 is 1.47 bits per heavy atom. The summed E-state index contributed by atoms with van der Waals surface area (Å²) in [5.74, 6) is 0. The maximum atomic E-state index is 3.93. The van der Waals surface area contributed by atoms with Crippen molar-refractivity contribution >= 4 is 5.57 Å². The molecule has 0 heterocycles. The Morgan fingerprint density at radius 1 is 1.06 bits per heavy atom. The van der Waals surface area contributed by atoms with E-state index in [-0.39, 0.29) is 7.43 Å². The van der Waals surface area contributed by atoms with Gasteiger partial charge in [0.15, 0.2) is 0 Å². The van der Waals surface area contributed by atoms with Crippen molar-refractivity contribution in [3.63, 3.8) is 0 Å². The SMILES string of the molecule is C.C=C.C=C(C)/C(=C\C)c1ccccc1.CC. The minimum atomic E-state index is 0. The first-order valence-electron chi connectivity index (χ1n) is 5.63. The van der Waals surface area contributed by atoms with Gasteiger partial charge in [-0.25, -0.2) is 0 Å². The molecule has 0 saturated heterocycles. The molecule has 0 fully saturated rings. The third-order valence-electron chi connectivity index (χ3n) is 1.83. The first-order chi connectivity index (χ1) is 7.75. The van der Waals surface area contributed by atoms with E-state index >= 15 is 0 Å². The van der Waals surface area contributed by atoms with Crippen molar-refractivity contribution in [2.75, 3.05) is 0 Å². The Bertz CT molecular complexity index is 304. The smallest absolute Gasteiger partial charge is 0.0185 e. The lowest BCUT2D eigenvalue weighted by Gasteiger charge is -2.05. The summed E-state index contributed by atoms with van der Waals surface area (Å²) in [5, 5.41) is 0. The average molecular weight is 232 g/mol. The van der Waals surface area contributed by atoms with E-state index in [1.54, 1.807) is 0 Å². The first-order valence-corrected chi connectivity index (χ1v) is 5.63. The molecule has 0 nitrogen and oxygen atoms in total. The molecule has 1 rings (SSSR count). The van der Waals surface area contributed by atoms with Gasteiger partial charge in [0.25, 0.3) is 0 Å². The quantitative estimate of drug-likeness (QED) is 0.425. The highest BCUT2D eigenvalue weighted by Gasteiger charge is 1.98. The highest BCUT2D eigenvalue weighted by molar-refractivity contribution is 5.77. The van der Waals surface area contributed by atoms with Gasteiger partial charge in [0.05, 0.1) is 0 Å². The molecule has 0 aliphatic heterocycles. The van der Waals surface area contributed by atoms with Crippen LogP contribution < -0.4 is 0 Å². The molecule has 96 valence electrons. The first kappa shape index (κ1) is 20.8. The van der Waals surface area contributed by atoms with Gasteiger partial charge in [-0.05, 0) is 25.0 Å². The van der Waals surface area contributed by atoms with Crippen LogP contribution in [0.3, 0.4) is 0 Å². The Balaban J connectivity index is -0.000000355. The van der Waals surface area contributed by atoms with Crippen LogP contribution in [0.4, 0.5) is 0 Å². The van der Waals surface area contributed by atoms with Crippen LogP contribution in [0.1, 0.15) is 40.7 Å². The summed E-state index contributed by atoms with van der Waals surface area (Å²) < 4.78 is 0. The summed E-state index contributed by atoms with van der Waals surface area (Å²) in [6.45, 7) is 18.0. The molecule has 1 aromatic rings. The summed E-state index contributed by atoms with van der Waals surface area (Å²) >= 11 is 0. The van der Waals surface area contributed by atoms with E-state index in [9.17, 15) is 0 Å². The lowest BCUT2D eigenvalue weighted by molar-refractivity contribution is 1.50. The van der Waals surface area contributed by atoms with E-state index in [0.717, 1.165) is 5.57 Å². The van der Waals surface area contributed by atoms with Crippen molar-refractivity contribution in [3.05, 3.63) is 67.3 Å². The van der Waals surface area contributed by atoms with Crippen molar-refractivity contribution in [2.24, 2.45) is 0 Å². The maximum absolute atomic E-state index is 3.93. The predicted molar refractivity (Wildman–Crippen MR) is 84.2 cm³/mol. The molecule has 0 amide bonds. The molecular formula is C17H28. The van der Waals surface area contributed by atoms with Gasteiger partial charge >= 0.3 is 0 Å². The summed E-state index contributed by atoms with van der Waals surface area (Å²) in [5.41, 5.74) is 3.59. The average Bonchev–Trinajstić information content (AvgIpc) is 2.36. The molecule has 1 aromatic carbocycles. The fourth-order valence-electron chi connectivity index (χ4n) is 1.28. The van der Waals surface area contributed by atoms with Crippen LogP contribution in [-0.4, -0.2) is 0 Å². The summed E-state index contributed by atoms with van der Waals surface area (Å²) in [4.78, 5) is 0. The normalized spacial score (nSPS) is 8.59. The van der Waals surface area contributed by atoms with Crippen LogP contribution in [0, 0.1) is 0 Å². The van der Waals surface area contributed by atoms with E-state index in [1.165, 1.54) is 11.1 Å². The number of hydrogen-bond acceptors (Lipinski definition) is 0. The lowest BCUT2D eigenvalue weighted by atomic mass is 10.0. The molecule has 0 N–H and O–H groups in total. The number of hydrogen-bond donors (Lipinski definition) is 0. The monoisotopic (exact) mass is 232 g/mol. The molecule has 0 aliphatic carbocycles. The fraction of sp³-hybridized carbons (Fsp3) is 0.294. The van der Waals surface area contributed by atoms with Crippen LogP contribution in [0.2, 0.25) is 0 Å². The molecule has 0 bridgehead atoms. The van der Waals surface area contributed by atoms with Crippen molar-refractivity contribution < 1.29 is 0 Å². The predicted octanol–water partition coefficient (Wildman–Crippen LogP) is 6.13. The standard InChI is InChI=1S/C12H14.C2H6.C2H4.CH4/c1-4-12(10(2)3)11-8-6-5-7-9-11;2*1-2;/h4-9H,2H2,1,3H3;1-2H3;1-2H2;1H4/b12-4+;;;. The van der Waals surface area contributed by atoms with Crippen molar-refractivity contribution in [1.82, 2.24) is 0 Å². The Hall–Kier alpha value is -1.56. The highest BCUT2D eigenvalue weighted by atomic mass is 14.0. The third kappa shape index (κ3) is 8.27. The van der Waals surface area contributed by atoms with Gasteiger partial charge in [-0.2, -0.15) is 0 Å². The van der Waals surface area contributed by atoms with Crippen LogP contribution in [0.5, 0.6) is 0 Å². The zero-order valence-electron chi connectivity index (χ0n) is 11.1. The van der Waals surface area contributed by atoms with Crippen molar-refractivity contribution in [3.8, 4) is 0 Å². The minimum absolute atomic E-state index is 0. The van der Waals surface area contributed by atoms with Crippen LogP contribution >= 0.6 is 0 Å². The van der Waals surface area contributed by atoms with Crippen molar-refractivity contribution in [1.29, 1.82) is 0 Å². The van der Waals surface area contributed by atoms with Crippen LogP contribution in [-0.2, 0) is 0 Å². The molecule has 0 aliphatic rings. The third-order valence-corrected chi connectivity index (χ3v) is 1.83. The molecule has 0 unspecified atom stereocenters. The highest BCUT2D eigenvalue weighted by Crippen LogP contribution is 2.20. The second-order valence-corrected chi connectivity index (χ2v) is 2.85. The second kappa shape index (κ2) is 14.4. The van der Waals surface area contributed by atoms with Gasteiger partial charge in [0.1, 0.15) is 0 Å². The van der Waals surface area contributed by atoms with Crippen molar-refractivity contribution in [2.45, 2.75) is 35.1 Å². The van der Waals surface area contributed by atoms with Gasteiger partial charge in [-0.3, -0.25) is 0 Å². The minimum Gasteiger partial charge on any atom is -0.106 e. The molecule has 0 spiro atoms. The molecule has 0 radical (unpaired) electrons. The van der Waals surface area contributed by atoms with E-state index in [1.807, 2.05) is 45.9 Å². The molecule has 0 heteroatoms. The number of benzene rings is 1. The van der Waals surface area contributed by atoms with Crippen LogP contribution in [0.15, 0.2) is 61.7 Å². The Morgan fingerprint density at radius 3 is 1.76 bits per heavy atom. The lowest BCUT2D eigenvalue weighted by Crippen LogP contribution is -1.83. The largest absolute Gasteiger partial charge is 0.106 e. The molecule has 0 atom stereocenters. The van der Waals surface area contributed by atoms with Gasteiger partial charge in [0.2, 0.25) is 0 Å². The maximum Gasteiger partial charge on any atom is -0.0185 e. The van der Waals surface area contributed by atoms with Gasteiger partial charge < -0.3 is 0 Å². The van der Waals surface area contributed by atoms with Gasteiger partial charge in [-0.1, -0.05) is 69.8 Å². The van der Waals surface area contributed by atoms with E-state index in [0.29, 0.717) is 0 Å². The molecule has 0 saturated carbocycles. The Labute approximate surface area is 108 Å². The van der Waals surface area contributed by atoms with Crippen LogP contribution in [0.25, 0.3) is 5.57 Å². The number of allylic oxidation sites excluding steroid dienone is 3. The summed E-state index contributed by atoms with van der Waals surface area (Å²) in [6, 6.07) is 10.3. The molecule has 17 heavy (non-hydrogen) atoms. The molecular weight excluding hydrogens is 204 g/mol.